The Kier molecular flexibility index (Phi) is 5.87. The zero-order valence-electron chi connectivity index (χ0n) is 17.1. The van der Waals surface area contributed by atoms with Gasteiger partial charge in [-0.15, -0.1) is 22.7 Å². The van der Waals surface area contributed by atoms with Gasteiger partial charge >= 0.3 is 0 Å². The molecule has 4 heterocycles. The normalized spacial score (nSPS) is 11.3. The molecule has 0 unspecified atom stereocenters. The van der Waals surface area contributed by atoms with E-state index in [4.69, 9.17) is 0 Å². The second kappa shape index (κ2) is 9.11. The summed E-state index contributed by atoms with van der Waals surface area (Å²) >= 11 is 4.72. The van der Waals surface area contributed by atoms with E-state index in [0.29, 0.717) is 5.56 Å². The number of rotatable bonds is 7. The average molecular weight is 489 g/mol. The number of allylic oxidation sites excluding steroid dienone is 1. The topological polar surface area (TPSA) is 65.1 Å². The first kappa shape index (κ1) is 21.3. The lowest BCUT2D eigenvalue weighted by molar-refractivity contribution is -0.384. The molecule has 5 rings (SSSR count). The van der Waals surface area contributed by atoms with Gasteiger partial charge in [-0.1, -0.05) is 12.1 Å². The lowest BCUT2D eigenvalue weighted by atomic mass is 10.1. The van der Waals surface area contributed by atoms with Gasteiger partial charge in [0.1, 0.15) is 0 Å². The zero-order valence-corrected chi connectivity index (χ0v) is 19.5. The number of nitro groups is 1. The van der Waals surface area contributed by atoms with Gasteiger partial charge in [-0.05, 0) is 64.7 Å². The lowest BCUT2D eigenvalue weighted by Crippen LogP contribution is -1.99. The van der Waals surface area contributed by atoms with E-state index in [1.165, 1.54) is 23.5 Å². The van der Waals surface area contributed by atoms with Crippen LogP contribution in [0.15, 0.2) is 88.3 Å². The number of hydrogen-bond acceptors (Lipinski definition) is 6. The van der Waals surface area contributed by atoms with Gasteiger partial charge in [0.2, 0.25) is 0 Å². The summed E-state index contributed by atoms with van der Waals surface area (Å²) in [5, 5.41) is 18.9. The summed E-state index contributed by atoms with van der Waals surface area (Å²) in [6, 6.07) is 18.5. The number of non-ortho nitro benzene ring substituents is 1. The molecule has 5 aromatic rings. The highest BCUT2D eigenvalue weighted by molar-refractivity contribution is 7.14. The lowest BCUT2D eigenvalue weighted by Gasteiger charge is -2.13. The maximum absolute atomic E-state index is 12.6. The molecule has 162 valence electrons. The van der Waals surface area contributed by atoms with Gasteiger partial charge in [-0.3, -0.25) is 14.9 Å². The molecule has 0 saturated heterocycles. The molecular weight excluding hydrogens is 472 g/mol. The minimum atomic E-state index is -0.399. The first-order valence-corrected chi connectivity index (χ1v) is 12.6. The summed E-state index contributed by atoms with van der Waals surface area (Å²) in [4.78, 5) is 25.5. The van der Waals surface area contributed by atoms with Crippen LogP contribution in [0.3, 0.4) is 0 Å². The minimum Gasteiger partial charge on any atom is -0.307 e. The number of thiophene rings is 3. The summed E-state index contributed by atoms with van der Waals surface area (Å²) < 4.78 is 2.11. The minimum absolute atomic E-state index is 0.0442. The highest BCUT2D eigenvalue weighted by atomic mass is 32.1. The van der Waals surface area contributed by atoms with Crippen molar-refractivity contribution in [2.24, 2.45) is 0 Å². The van der Waals surface area contributed by atoms with Gasteiger partial charge in [0.25, 0.3) is 5.69 Å². The van der Waals surface area contributed by atoms with Crippen LogP contribution in [0.5, 0.6) is 0 Å². The van der Waals surface area contributed by atoms with Crippen molar-refractivity contribution in [2.75, 3.05) is 0 Å². The van der Waals surface area contributed by atoms with Crippen molar-refractivity contribution in [3.05, 3.63) is 110 Å². The molecule has 5 nitrogen and oxygen atoms in total. The summed E-state index contributed by atoms with van der Waals surface area (Å²) in [7, 11) is 0. The van der Waals surface area contributed by atoms with Crippen LogP contribution in [0.2, 0.25) is 0 Å². The molecule has 4 aromatic heterocycles. The van der Waals surface area contributed by atoms with E-state index in [-0.39, 0.29) is 11.5 Å². The number of carbonyl (C=O) groups is 1. The van der Waals surface area contributed by atoms with Crippen LogP contribution in [-0.2, 0) is 0 Å². The maximum Gasteiger partial charge on any atom is 0.269 e. The smallest absolute Gasteiger partial charge is 0.269 e. The van der Waals surface area contributed by atoms with Crippen molar-refractivity contribution in [3.8, 4) is 26.8 Å². The Morgan fingerprint density at radius 2 is 1.67 bits per heavy atom. The monoisotopic (exact) mass is 488 g/mol. The Bertz CT molecular complexity index is 1430. The van der Waals surface area contributed by atoms with Gasteiger partial charge in [0.05, 0.1) is 26.1 Å². The summed E-state index contributed by atoms with van der Waals surface area (Å²) in [6.07, 6.45) is 3.46. The quantitative estimate of drug-likeness (QED) is 0.102. The van der Waals surface area contributed by atoms with Crippen LogP contribution >= 0.6 is 34.0 Å². The summed E-state index contributed by atoms with van der Waals surface area (Å²) in [6.45, 7) is 0. The summed E-state index contributed by atoms with van der Waals surface area (Å²) in [5.74, 6) is -0.0471. The highest BCUT2D eigenvalue weighted by Crippen LogP contribution is 2.40. The number of nitrogens with zero attached hydrogens (tertiary/aromatic N) is 2. The Morgan fingerprint density at radius 3 is 2.27 bits per heavy atom. The second-order valence-corrected chi connectivity index (χ2v) is 9.78. The van der Waals surface area contributed by atoms with Crippen molar-refractivity contribution in [1.82, 2.24) is 4.57 Å². The molecule has 0 aliphatic carbocycles. The second-order valence-electron chi connectivity index (χ2n) is 7.11. The number of benzene rings is 1. The van der Waals surface area contributed by atoms with Crippen LogP contribution < -0.4 is 0 Å². The third kappa shape index (κ3) is 4.23. The summed E-state index contributed by atoms with van der Waals surface area (Å²) in [5.41, 5.74) is 4.34. The van der Waals surface area contributed by atoms with Crippen LogP contribution in [-0.4, -0.2) is 15.3 Å². The number of ketones is 1. The molecule has 0 saturated carbocycles. The molecule has 33 heavy (non-hydrogen) atoms. The molecule has 8 heteroatoms. The zero-order chi connectivity index (χ0) is 22.8. The average Bonchev–Trinajstić information content (AvgIpc) is 3.63. The molecule has 0 aliphatic rings. The third-order valence-electron chi connectivity index (χ3n) is 5.10. The molecule has 0 fully saturated rings. The Morgan fingerprint density at radius 1 is 0.939 bits per heavy atom. The van der Waals surface area contributed by atoms with E-state index < -0.39 is 4.92 Å². The van der Waals surface area contributed by atoms with E-state index >= 15 is 0 Å². The Hall–Kier alpha value is -3.59. The van der Waals surface area contributed by atoms with Gasteiger partial charge in [0, 0.05) is 34.3 Å². The van der Waals surface area contributed by atoms with Crippen LogP contribution in [0, 0.1) is 10.1 Å². The van der Waals surface area contributed by atoms with Gasteiger partial charge in [-0.25, -0.2) is 0 Å². The van der Waals surface area contributed by atoms with E-state index in [0.717, 1.165) is 32.4 Å². The molecular formula is C25H16N2O3S3. The van der Waals surface area contributed by atoms with Crippen LogP contribution in [0.25, 0.3) is 32.9 Å². The van der Waals surface area contributed by atoms with E-state index in [2.05, 4.69) is 10.6 Å². The fourth-order valence-electron chi connectivity index (χ4n) is 3.59. The number of nitro benzene ring substituents is 1. The highest BCUT2D eigenvalue weighted by Gasteiger charge is 2.20. The molecule has 1 aromatic carbocycles. The van der Waals surface area contributed by atoms with Crippen LogP contribution in [0.1, 0.15) is 15.9 Å². The van der Waals surface area contributed by atoms with Crippen molar-refractivity contribution in [3.63, 3.8) is 0 Å². The third-order valence-corrected chi connectivity index (χ3v) is 7.55. The van der Waals surface area contributed by atoms with E-state index in [1.807, 2.05) is 57.9 Å². The predicted octanol–water partition coefficient (Wildman–Crippen LogP) is 7.80. The van der Waals surface area contributed by atoms with Crippen molar-refractivity contribution >= 4 is 51.6 Å². The molecule has 0 amide bonds. The molecule has 0 atom stereocenters. The van der Waals surface area contributed by atoms with Gasteiger partial charge in [0.15, 0.2) is 5.78 Å². The SMILES string of the molecule is O=C(/C=C/c1cc(-c2cccs2)n(-c2ccc([N+](=O)[O-])cc2)c1-c1cccs1)c1ccsc1. The molecule has 0 radical (unpaired) electrons. The van der Waals surface area contributed by atoms with Crippen molar-refractivity contribution < 1.29 is 9.72 Å². The van der Waals surface area contributed by atoms with Crippen LogP contribution in [0.4, 0.5) is 5.69 Å². The maximum atomic E-state index is 12.6. The standard InChI is InChI=1S/C25H16N2O3S3/c28-22(18-11-14-31-16-18)10-5-17-15-21(23-3-1-12-32-23)26(25(17)24-4-2-13-33-24)19-6-8-20(9-7-19)27(29)30/h1-16H/b10-5+. The van der Waals surface area contributed by atoms with E-state index in [1.54, 1.807) is 40.9 Å². The molecule has 0 aliphatic heterocycles. The van der Waals surface area contributed by atoms with E-state index in [9.17, 15) is 14.9 Å². The number of aromatic nitrogens is 1. The first-order valence-electron chi connectivity index (χ1n) is 9.95. The number of hydrogen-bond donors (Lipinski definition) is 0. The fraction of sp³-hybridized carbons (Fsp3) is 0. The largest absolute Gasteiger partial charge is 0.307 e. The van der Waals surface area contributed by atoms with Gasteiger partial charge < -0.3 is 4.57 Å². The van der Waals surface area contributed by atoms with Crippen molar-refractivity contribution in [1.29, 1.82) is 0 Å². The van der Waals surface area contributed by atoms with Gasteiger partial charge in [-0.2, -0.15) is 11.3 Å². The molecule has 0 spiro atoms. The Labute approximate surface area is 201 Å². The molecule has 0 bridgehead atoms. The Balaban J connectivity index is 1.70. The number of carbonyl (C=O) groups excluding carboxylic acids is 1. The molecule has 0 N–H and O–H groups in total. The van der Waals surface area contributed by atoms with Crippen molar-refractivity contribution in [2.45, 2.75) is 0 Å². The predicted molar refractivity (Wildman–Crippen MR) is 137 cm³/mol. The fourth-order valence-corrected chi connectivity index (χ4v) is 5.74. The first-order chi connectivity index (χ1) is 16.1.